The first kappa shape index (κ1) is 18.9. The summed E-state index contributed by atoms with van der Waals surface area (Å²) in [6.07, 6.45) is 5.17. The highest BCUT2D eigenvalue weighted by molar-refractivity contribution is 6.30. The molecule has 0 atom stereocenters. The number of aromatic nitrogens is 5. The Bertz CT molecular complexity index is 1290. The van der Waals surface area contributed by atoms with Gasteiger partial charge in [-0.25, -0.2) is 9.37 Å². The van der Waals surface area contributed by atoms with Gasteiger partial charge in [0.2, 0.25) is 5.89 Å². The van der Waals surface area contributed by atoms with E-state index in [9.17, 15) is 4.79 Å². The van der Waals surface area contributed by atoms with Crippen LogP contribution in [-0.2, 0) is 12.2 Å². The maximum Gasteiger partial charge on any atom is 0.262 e. The normalized spacial score (nSPS) is 21.0. The fourth-order valence-electron chi connectivity index (χ4n) is 3.90. The number of hydrogen-bond acceptors (Lipinski definition) is 6. The minimum Gasteiger partial charge on any atom is -0.337 e. The molecule has 9 heteroatoms. The molecule has 0 spiro atoms. The number of halogens is 2. The van der Waals surface area contributed by atoms with Crippen molar-refractivity contribution in [1.29, 1.82) is 0 Å². The molecule has 0 radical (unpaired) electrons. The van der Waals surface area contributed by atoms with Gasteiger partial charge in [-0.1, -0.05) is 28.9 Å². The van der Waals surface area contributed by atoms with Gasteiger partial charge in [0.15, 0.2) is 5.82 Å². The number of aryl methyl sites for hydroxylation is 1. The third kappa shape index (κ3) is 3.17. The first-order chi connectivity index (χ1) is 14.4. The van der Waals surface area contributed by atoms with Gasteiger partial charge in [0, 0.05) is 17.1 Å². The van der Waals surface area contributed by atoms with Crippen LogP contribution in [0.4, 0.5) is 4.39 Å². The van der Waals surface area contributed by atoms with Crippen molar-refractivity contribution in [3.63, 3.8) is 0 Å². The van der Waals surface area contributed by atoms with Crippen LogP contribution in [0.2, 0.25) is 5.02 Å². The molecule has 1 saturated carbocycles. The molecule has 7 nitrogen and oxygen atoms in total. The molecule has 0 N–H and O–H groups in total. The van der Waals surface area contributed by atoms with E-state index in [1.807, 2.05) is 6.92 Å². The lowest BCUT2D eigenvalue weighted by atomic mass is 9.68. The van der Waals surface area contributed by atoms with Crippen molar-refractivity contribution in [2.45, 2.75) is 37.9 Å². The second kappa shape index (κ2) is 6.98. The van der Waals surface area contributed by atoms with Crippen LogP contribution in [0.3, 0.4) is 0 Å². The topological polar surface area (TPSA) is 86.7 Å². The molecule has 1 aliphatic rings. The maximum atomic E-state index is 15.1. The molecular weight excluding hydrogens is 409 g/mol. The largest absolute Gasteiger partial charge is 0.337 e. The van der Waals surface area contributed by atoms with E-state index in [0.717, 1.165) is 5.56 Å². The molecule has 0 bridgehead atoms. The van der Waals surface area contributed by atoms with Crippen LogP contribution in [0.25, 0.3) is 10.9 Å². The molecule has 1 aromatic carbocycles. The van der Waals surface area contributed by atoms with Crippen molar-refractivity contribution in [3.8, 4) is 0 Å². The summed E-state index contributed by atoms with van der Waals surface area (Å²) >= 11 is 5.88. The Morgan fingerprint density at radius 1 is 1.27 bits per heavy atom. The fourth-order valence-corrected chi connectivity index (χ4v) is 4.03. The van der Waals surface area contributed by atoms with E-state index >= 15 is 4.39 Å². The van der Waals surface area contributed by atoms with Crippen molar-refractivity contribution in [1.82, 2.24) is 24.7 Å². The Balaban J connectivity index is 1.33. The standard InChI is InChI=1S/C21H17ClFN5O2/c1-12-8-24-9-16-18(12)20(29)28(11-25-16)10-17-26-19(27-30-17)13-6-21(23,7-13)14-2-4-15(22)5-3-14/h2-5,8-9,11,13H,6-7,10H2,1H3. The molecule has 5 rings (SSSR count). The highest BCUT2D eigenvalue weighted by Gasteiger charge is 2.48. The van der Waals surface area contributed by atoms with E-state index < -0.39 is 5.67 Å². The number of pyridine rings is 1. The Morgan fingerprint density at radius 2 is 2.03 bits per heavy atom. The van der Waals surface area contributed by atoms with Gasteiger partial charge < -0.3 is 4.52 Å². The van der Waals surface area contributed by atoms with Gasteiger partial charge in [0.1, 0.15) is 12.2 Å². The van der Waals surface area contributed by atoms with E-state index in [1.165, 1.54) is 10.9 Å². The summed E-state index contributed by atoms with van der Waals surface area (Å²) < 4.78 is 21.8. The van der Waals surface area contributed by atoms with Crippen molar-refractivity contribution in [2.75, 3.05) is 0 Å². The van der Waals surface area contributed by atoms with Crippen LogP contribution in [0.5, 0.6) is 0 Å². The molecule has 0 aliphatic heterocycles. The van der Waals surface area contributed by atoms with Crippen LogP contribution in [0.1, 0.15) is 41.6 Å². The van der Waals surface area contributed by atoms with Crippen LogP contribution < -0.4 is 5.56 Å². The zero-order valence-corrected chi connectivity index (χ0v) is 16.8. The van der Waals surface area contributed by atoms with Gasteiger partial charge in [-0.15, -0.1) is 0 Å². The first-order valence-corrected chi connectivity index (χ1v) is 9.88. The number of hydrogen-bond donors (Lipinski definition) is 0. The van der Waals surface area contributed by atoms with Crippen LogP contribution in [0.15, 0.2) is 52.3 Å². The van der Waals surface area contributed by atoms with Gasteiger partial charge in [0.05, 0.1) is 23.4 Å². The highest BCUT2D eigenvalue weighted by atomic mass is 35.5. The predicted octanol–water partition coefficient (Wildman–Crippen LogP) is 3.93. The number of alkyl halides is 1. The van der Waals surface area contributed by atoms with Gasteiger partial charge in [-0.3, -0.25) is 14.3 Å². The van der Waals surface area contributed by atoms with Crippen molar-refractivity contribution in [2.24, 2.45) is 0 Å². The van der Waals surface area contributed by atoms with Crippen molar-refractivity contribution >= 4 is 22.5 Å². The summed E-state index contributed by atoms with van der Waals surface area (Å²) in [5.41, 5.74) is 0.278. The molecule has 0 saturated heterocycles. The molecule has 30 heavy (non-hydrogen) atoms. The van der Waals surface area contributed by atoms with E-state index in [1.54, 1.807) is 36.7 Å². The van der Waals surface area contributed by atoms with Crippen LogP contribution >= 0.6 is 11.6 Å². The average molecular weight is 426 g/mol. The van der Waals surface area contributed by atoms with Gasteiger partial charge >= 0.3 is 0 Å². The van der Waals surface area contributed by atoms with Gasteiger partial charge in [-0.2, -0.15) is 4.98 Å². The molecule has 3 aromatic heterocycles. The maximum absolute atomic E-state index is 15.1. The Kier molecular flexibility index (Phi) is 4.39. The lowest BCUT2D eigenvalue weighted by Gasteiger charge is -2.40. The third-order valence-corrected chi connectivity index (χ3v) is 5.83. The monoisotopic (exact) mass is 425 g/mol. The van der Waals surface area contributed by atoms with Crippen LogP contribution in [-0.4, -0.2) is 24.7 Å². The number of nitrogens with zero attached hydrogens (tertiary/aromatic N) is 5. The molecule has 0 amide bonds. The molecule has 152 valence electrons. The summed E-state index contributed by atoms with van der Waals surface area (Å²) in [5.74, 6) is 0.597. The Hall–Kier alpha value is -3.13. The quantitative estimate of drug-likeness (QED) is 0.492. The molecule has 1 fully saturated rings. The number of fused-ring (bicyclic) bond motifs is 1. The second-order valence-electron chi connectivity index (χ2n) is 7.65. The smallest absolute Gasteiger partial charge is 0.262 e. The summed E-state index contributed by atoms with van der Waals surface area (Å²) in [6, 6.07) is 6.78. The average Bonchev–Trinajstić information content (AvgIpc) is 3.16. The van der Waals surface area contributed by atoms with Gasteiger partial charge in [0.25, 0.3) is 5.56 Å². The highest BCUT2D eigenvalue weighted by Crippen LogP contribution is 2.53. The summed E-state index contributed by atoms with van der Waals surface area (Å²) in [4.78, 5) is 25.5. The first-order valence-electron chi connectivity index (χ1n) is 9.50. The number of rotatable bonds is 4. The predicted molar refractivity (Wildman–Crippen MR) is 108 cm³/mol. The summed E-state index contributed by atoms with van der Waals surface area (Å²) in [5, 5.41) is 5.08. The second-order valence-corrected chi connectivity index (χ2v) is 8.09. The minimum atomic E-state index is -1.42. The lowest BCUT2D eigenvalue weighted by molar-refractivity contribution is 0.0336. The molecule has 4 aromatic rings. The zero-order chi connectivity index (χ0) is 20.9. The molecule has 1 aliphatic carbocycles. The van der Waals surface area contributed by atoms with Gasteiger partial charge in [-0.05, 0) is 43.0 Å². The zero-order valence-electron chi connectivity index (χ0n) is 16.0. The molecular formula is C21H17ClFN5O2. The number of benzene rings is 1. The summed E-state index contributed by atoms with van der Waals surface area (Å²) in [7, 11) is 0. The third-order valence-electron chi connectivity index (χ3n) is 5.58. The lowest BCUT2D eigenvalue weighted by Crippen LogP contribution is -2.36. The van der Waals surface area contributed by atoms with E-state index in [-0.39, 0.29) is 36.8 Å². The fraction of sp³-hybridized carbons (Fsp3) is 0.286. The van der Waals surface area contributed by atoms with E-state index in [0.29, 0.717) is 27.3 Å². The Morgan fingerprint density at radius 3 is 2.80 bits per heavy atom. The molecule has 3 heterocycles. The van der Waals surface area contributed by atoms with E-state index in [4.69, 9.17) is 16.1 Å². The summed E-state index contributed by atoms with van der Waals surface area (Å²) in [6.45, 7) is 1.91. The SMILES string of the molecule is Cc1cncc2ncn(Cc3nc(C4CC(F)(c5ccc(Cl)cc5)C4)no3)c(=O)c12. The van der Waals surface area contributed by atoms with E-state index in [2.05, 4.69) is 20.1 Å². The van der Waals surface area contributed by atoms with Crippen molar-refractivity contribution < 1.29 is 8.91 Å². The van der Waals surface area contributed by atoms with Crippen LogP contribution in [0, 0.1) is 6.92 Å². The Labute approximate surface area is 175 Å². The van der Waals surface area contributed by atoms with Crippen molar-refractivity contribution in [3.05, 3.63) is 81.2 Å². The minimum absolute atomic E-state index is 0.0984. The molecule has 0 unspecified atom stereocenters.